The van der Waals surface area contributed by atoms with Crippen molar-refractivity contribution in [1.82, 2.24) is 10.6 Å². The highest BCUT2D eigenvalue weighted by Gasteiger charge is 2.26. The molecule has 19 heavy (non-hydrogen) atoms. The lowest BCUT2D eigenvalue weighted by atomic mass is 9.80. The fourth-order valence-corrected chi connectivity index (χ4v) is 2.70. The van der Waals surface area contributed by atoms with E-state index in [1.54, 1.807) is 0 Å². The van der Waals surface area contributed by atoms with Gasteiger partial charge >= 0.3 is 12.0 Å². The first-order valence-electron chi connectivity index (χ1n) is 7.25. The molecule has 0 aliphatic heterocycles. The molecule has 1 saturated carbocycles. The van der Waals surface area contributed by atoms with Gasteiger partial charge in [0.25, 0.3) is 0 Å². The molecule has 0 aromatic heterocycles. The summed E-state index contributed by atoms with van der Waals surface area (Å²) >= 11 is 0. The van der Waals surface area contributed by atoms with Crippen LogP contribution >= 0.6 is 0 Å². The molecule has 110 valence electrons. The molecule has 1 aliphatic rings. The van der Waals surface area contributed by atoms with Crippen molar-refractivity contribution >= 4 is 12.0 Å². The van der Waals surface area contributed by atoms with Crippen LogP contribution in [0.4, 0.5) is 4.79 Å². The van der Waals surface area contributed by atoms with Crippen molar-refractivity contribution in [3.8, 4) is 0 Å². The lowest BCUT2D eigenvalue weighted by molar-refractivity contribution is -0.137. The van der Waals surface area contributed by atoms with Crippen molar-refractivity contribution in [1.29, 1.82) is 0 Å². The fourth-order valence-electron chi connectivity index (χ4n) is 2.70. The molecule has 0 heterocycles. The maximum Gasteiger partial charge on any atom is 0.315 e. The molecule has 5 nitrogen and oxygen atoms in total. The van der Waals surface area contributed by atoms with Crippen molar-refractivity contribution in [2.45, 2.75) is 58.4 Å². The van der Waals surface area contributed by atoms with Crippen LogP contribution in [-0.2, 0) is 4.79 Å². The Balaban J connectivity index is 2.12. The number of unbranched alkanes of at least 4 members (excludes halogenated alkanes) is 1. The minimum absolute atomic E-state index is 0.123. The predicted molar refractivity (Wildman–Crippen MR) is 74.0 cm³/mol. The average Bonchev–Trinajstić information content (AvgIpc) is 2.32. The molecule has 1 fully saturated rings. The number of nitrogens with one attached hydrogen (secondary N) is 2. The second-order valence-corrected chi connectivity index (χ2v) is 5.75. The maximum atomic E-state index is 11.7. The van der Waals surface area contributed by atoms with Gasteiger partial charge in [0.05, 0.1) is 0 Å². The third-order valence-corrected chi connectivity index (χ3v) is 3.85. The van der Waals surface area contributed by atoms with E-state index in [0.29, 0.717) is 25.3 Å². The van der Waals surface area contributed by atoms with E-state index in [1.165, 1.54) is 12.8 Å². The zero-order valence-corrected chi connectivity index (χ0v) is 11.9. The second-order valence-electron chi connectivity index (χ2n) is 5.75. The Morgan fingerprint density at radius 1 is 1.21 bits per heavy atom. The summed E-state index contributed by atoms with van der Waals surface area (Å²) in [7, 11) is 0. The molecule has 1 aliphatic carbocycles. The van der Waals surface area contributed by atoms with Crippen LogP contribution in [0.2, 0.25) is 0 Å². The Morgan fingerprint density at radius 3 is 2.58 bits per heavy atom. The molecule has 3 unspecified atom stereocenters. The predicted octanol–water partition coefficient (Wildman–Crippen LogP) is 2.37. The molecule has 3 N–H and O–H groups in total. The Kier molecular flexibility index (Phi) is 6.67. The lowest BCUT2D eigenvalue weighted by Crippen LogP contribution is -2.47. The number of carbonyl (C=O) groups is 2. The molecule has 3 atom stereocenters. The summed E-state index contributed by atoms with van der Waals surface area (Å²) in [5.41, 5.74) is 0. The van der Waals surface area contributed by atoms with Gasteiger partial charge < -0.3 is 15.7 Å². The van der Waals surface area contributed by atoms with Gasteiger partial charge in [0.2, 0.25) is 0 Å². The van der Waals surface area contributed by atoms with Gasteiger partial charge in [0, 0.05) is 19.0 Å². The molecule has 0 radical (unpaired) electrons. The molecule has 0 bridgehead atoms. The number of urea groups is 1. The first kappa shape index (κ1) is 15.8. The van der Waals surface area contributed by atoms with E-state index in [1.807, 2.05) is 0 Å². The van der Waals surface area contributed by atoms with E-state index >= 15 is 0 Å². The number of rotatable bonds is 6. The van der Waals surface area contributed by atoms with Crippen molar-refractivity contribution in [3.05, 3.63) is 0 Å². The van der Waals surface area contributed by atoms with E-state index in [2.05, 4.69) is 24.5 Å². The summed E-state index contributed by atoms with van der Waals surface area (Å²) in [6.45, 7) is 4.99. The van der Waals surface area contributed by atoms with Crippen LogP contribution in [0.25, 0.3) is 0 Å². The van der Waals surface area contributed by atoms with E-state index in [4.69, 9.17) is 5.11 Å². The topological polar surface area (TPSA) is 78.4 Å². The summed E-state index contributed by atoms with van der Waals surface area (Å²) in [4.78, 5) is 22.0. The van der Waals surface area contributed by atoms with Gasteiger partial charge in [-0.15, -0.1) is 0 Å². The Bertz CT molecular complexity index is 307. The molecule has 0 aromatic rings. The highest BCUT2D eigenvalue weighted by atomic mass is 16.4. The van der Waals surface area contributed by atoms with Gasteiger partial charge in [-0.25, -0.2) is 4.79 Å². The molecule has 1 rings (SSSR count). The first-order chi connectivity index (χ1) is 8.99. The van der Waals surface area contributed by atoms with E-state index in [0.717, 1.165) is 12.3 Å². The highest BCUT2D eigenvalue weighted by Crippen LogP contribution is 2.28. The average molecular weight is 270 g/mol. The van der Waals surface area contributed by atoms with Gasteiger partial charge in [-0.2, -0.15) is 0 Å². The van der Waals surface area contributed by atoms with Gasteiger partial charge in [0.1, 0.15) is 0 Å². The quantitative estimate of drug-likeness (QED) is 0.648. The Morgan fingerprint density at radius 2 is 1.95 bits per heavy atom. The first-order valence-corrected chi connectivity index (χ1v) is 7.25. The molecule has 0 saturated heterocycles. The summed E-state index contributed by atoms with van der Waals surface area (Å²) in [6, 6.07) is 0.150. The number of aliphatic carboxylic acids is 1. The number of hydrogen-bond donors (Lipinski definition) is 3. The van der Waals surface area contributed by atoms with Crippen LogP contribution in [0.5, 0.6) is 0 Å². The van der Waals surface area contributed by atoms with E-state index in [9.17, 15) is 9.59 Å². The van der Waals surface area contributed by atoms with Crippen molar-refractivity contribution in [3.63, 3.8) is 0 Å². The van der Waals surface area contributed by atoms with Crippen molar-refractivity contribution in [2.75, 3.05) is 6.54 Å². The summed E-state index contributed by atoms with van der Waals surface area (Å²) in [6.07, 6.45) is 4.87. The zero-order chi connectivity index (χ0) is 14.3. The smallest absolute Gasteiger partial charge is 0.315 e. The number of hydrogen-bond acceptors (Lipinski definition) is 2. The Hall–Kier alpha value is -1.26. The molecule has 0 spiro atoms. The van der Waals surface area contributed by atoms with E-state index in [-0.39, 0.29) is 18.5 Å². The molecule has 0 aromatic carbocycles. The molecule has 2 amide bonds. The minimum Gasteiger partial charge on any atom is -0.481 e. The number of carbonyl (C=O) groups excluding carboxylic acids is 1. The second kappa shape index (κ2) is 8.02. The summed E-state index contributed by atoms with van der Waals surface area (Å²) < 4.78 is 0. The number of carboxylic acid groups (broad SMARTS) is 1. The number of carboxylic acids is 1. The molecule has 5 heteroatoms. The fraction of sp³-hybridized carbons (Fsp3) is 0.857. The maximum absolute atomic E-state index is 11.7. The summed E-state index contributed by atoms with van der Waals surface area (Å²) in [5.74, 6) is 0.503. The largest absolute Gasteiger partial charge is 0.481 e. The van der Waals surface area contributed by atoms with Crippen LogP contribution in [0.15, 0.2) is 0 Å². The Labute approximate surface area is 115 Å². The zero-order valence-electron chi connectivity index (χ0n) is 11.9. The van der Waals surface area contributed by atoms with Gasteiger partial charge in [-0.3, -0.25) is 4.79 Å². The third kappa shape index (κ3) is 6.45. The van der Waals surface area contributed by atoms with Gasteiger partial charge in [0.15, 0.2) is 0 Å². The van der Waals surface area contributed by atoms with Crippen LogP contribution in [-0.4, -0.2) is 29.7 Å². The van der Waals surface area contributed by atoms with Crippen LogP contribution in [0.3, 0.4) is 0 Å². The normalized spacial score (nSPS) is 26.7. The van der Waals surface area contributed by atoms with Crippen LogP contribution in [0, 0.1) is 11.8 Å². The minimum atomic E-state index is -0.783. The van der Waals surface area contributed by atoms with Gasteiger partial charge in [-0.05, 0) is 43.9 Å². The van der Waals surface area contributed by atoms with Crippen molar-refractivity contribution in [2.24, 2.45) is 11.8 Å². The van der Waals surface area contributed by atoms with E-state index < -0.39 is 5.97 Å². The van der Waals surface area contributed by atoms with Crippen LogP contribution in [0.1, 0.15) is 52.4 Å². The lowest BCUT2D eigenvalue weighted by Gasteiger charge is -2.33. The summed E-state index contributed by atoms with van der Waals surface area (Å²) in [5, 5.41) is 14.3. The van der Waals surface area contributed by atoms with Crippen LogP contribution < -0.4 is 10.6 Å². The van der Waals surface area contributed by atoms with Crippen molar-refractivity contribution < 1.29 is 14.7 Å². The van der Waals surface area contributed by atoms with Gasteiger partial charge in [-0.1, -0.05) is 13.8 Å². The molecular formula is C14H26N2O3. The SMILES string of the molecule is CC1CCC(NC(=O)NCCCCC(=O)O)C(C)C1. The third-order valence-electron chi connectivity index (χ3n) is 3.85. The number of amides is 2. The standard InChI is InChI=1S/C14H26N2O3/c1-10-6-7-12(11(2)9-10)16-14(19)15-8-4-3-5-13(17)18/h10-12H,3-9H2,1-2H3,(H,17,18)(H2,15,16,19). The molecular weight excluding hydrogens is 244 g/mol. The highest BCUT2D eigenvalue weighted by molar-refractivity contribution is 5.74. The monoisotopic (exact) mass is 270 g/mol.